The van der Waals surface area contributed by atoms with Gasteiger partial charge in [-0.15, -0.1) is 11.3 Å². The number of thiophene rings is 1. The monoisotopic (exact) mass is 743 g/mol. The highest BCUT2D eigenvalue weighted by atomic mass is 32.1. The van der Waals surface area contributed by atoms with Crippen LogP contribution in [-0.2, 0) is 5.41 Å². The minimum atomic E-state index is -0.442. The van der Waals surface area contributed by atoms with Gasteiger partial charge in [-0.25, -0.2) is 0 Å². The van der Waals surface area contributed by atoms with Gasteiger partial charge in [0.1, 0.15) is 0 Å². The molecule has 2 heteroatoms. The van der Waals surface area contributed by atoms with Gasteiger partial charge in [0.25, 0.3) is 0 Å². The molecule has 0 bridgehead atoms. The Hall–Kier alpha value is -7.00. The molecule has 0 radical (unpaired) electrons. The lowest BCUT2D eigenvalue weighted by Crippen LogP contribution is -2.28. The van der Waals surface area contributed by atoms with Crippen LogP contribution in [0.3, 0.4) is 0 Å². The highest BCUT2D eigenvalue weighted by Gasteiger charge is 2.45. The van der Waals surface area contributed by atoms with Crippen LogP contribution in [0.2, 0.25) is 0 Å². The second-order valence-corrected chi connectivity index (χ2v) is 16.0. The van der Waals surface area contributed by atoms with Crippen molar-refractivity contribution in [1.29, 1.82) is 0 Å². The van der Waals surface area contributed by atoms with Gasteiger partial charge in [0.2, 0.25) is 0 Å². The van der Waals surface area contributed by atoms with Gasteiger partial charge >= 0.3 is 0 Å². The number of fused-ring (bicyclic) bond motifs is 6. The standard InChI is InChI=1S/C55H37NS/c1-4-16-38(17-5-1)39-18-14-19-40(34-39)41-20-15-25-45(35-41)56(44-23-8-3-9-24-44)46-31-33-54-50(37-46)49-36-43(30-32-53(49)57-54)55(42-21-6-2-7-22-42)51-28-12-10-26-47(51)48-27-11-13-29-52(48)55/h1-37H. The first-order valence-electron chi connectivity index (χ1n) is 19.6. The minimum absolute atomic E-state index is 0.442. The summed E-state index contributed by atoms with van der Waals surface area (Å²) < 4.78 is 2.58. The fraction of sp³-hybridized carbons (Fsp3) is 0.0182. The van der Waals surface area contributed by atoms with Gasteiger partial charge in [-0.2, -0.15) is 0 Å². The van der Waals surface area contributed by atoms with Crippen molar-refractivity contribution in [2.24, 2.45) is 0 Å². The van der Waals surface area contributed by atoms with E-state index in [-0.39, 0.29) is 0 Å². The third kappa shape index (κ3) is 5.44. The van der Waals surface area contributed by atoms with Gasteiger partial charge in [-0.3, -0.25) is 0 Å². The zero-order chi connectivity index (χ0) is 37.8. The van der Waals surface area contributed by atoms with E-state index in [4.69, 9.17) is 0 Å². The molecule has 10 aromatic rings. The van der Waals surface area contributed by atoms with Crippen molar-refractivity contribution in [1.82, 2.24) is 0 Å². The molecular formula is C55H37NS. The topological polar surface area (TPSA) is 3.24 Å². The third-order valence-corrected chi connectivity index (χ3v) is 12.9. The summed E-state index contributed by atoms with van der Waals surface area (Å²) in [5.74, 6) is 0. The van der Waals surface area contributed by atoms with E-state index in [9.17, 15) is 0 Å². The molecule has 1 nitrogen and oxygen atoms in total. The lowest BCUT2D eigenvalue weighted by Gasteiger charge is -2.34. The Bertz CT molecular complexity index is 3030. The van der Waals surface area contributed by atoms with Crippen LogP contribution in [0.5, 0.6) is 0 Å². The lowest BCUT2D eigenvalue weighted by molar-refractivity contribution is 0.770. The van der Waals surface area contributed by atoms with Crippen molar-refractivity contribution >= 4 is 48.6 Å². The smallest absolute Gasteiger partial charge is 0.0713 e. The van der Waals surface area contributed by atoms with Gasteiger partial charge < -0.3 is 4.90 Å². The molecule has 1 heterocycles. The van der Waals surface area contributed by atoms with Crippen LogP contribution in [0.1, 0.15) is 22.3 Å². The first-order chi connectivity index (χ1) is 28.3. The van der Waals surface area contributed by atoms with E-state index in [1.807, 2.05) is 11.3 Å². The van der Waals surface area contributed by atoms with Crippen LogP contribution in [0, 0.1) is 0 Å². The van der Waals surface area contributed by atoms with Crippen molar-refractivity contribution < 1.29 is 0 Å². The molecule has 0 N–H and O–H groups in total. The second-order valence-electron chi connectivity index (χ2n) is 14.9. The van der Waals surface area contributed by atoms with E-state index in [2.05, 4.69) is 229 Å². The van der Waals surface area contributed by atoms with E-state index in [1.54, 1.807) is 0 Å². The van der Waals surface area contributed by atoms with Crippen LogP contribution in [0.25, 0.3) is 53.6 Å². The van der Waals surface area contributed by atoms with Crippen molar-refractivity contribution in [2.75, 3.05) is 4.90 Å². The van der Waals surface area contributed by atoms with Crippen LogP contribution in [-0.4, -0.2) is 0 Å². The van der Waals surface area contributed by atoms with Crippen molar-refractivity contribution in [3.05, 3.63) is 247 Å². The number of hydrogen-bond donors (Lipinski definition) is 0. The van der Waals surface area contributed by atoms with Crippen molar-refractivity contribution in [3.63, 3.8) is 0 Å². The van der Waals surface area contributed by atoms with Gasteiger partial charge in [-0.1, -0.05) is 164 Å². The van der Waals surface area contributed by atoms with E-state index < -0.39 is 5.41 Å². The van der Waals surface area contributed by atoms with E-state index >= 15 is 0 Å². The Morgan fingerprint density at radius 3 is 1.51 bits per heavy atom. The lowest BCUT2D eigenvalue weighted by atomic mass is 9.67. The summed E-state index contributed by atoms with van der Waals surface area (Å²) in [4.78, 5) is 2.40. The summed E-state index contributed by atoms with van der Waals surface area (Å²) in [5.41, 5.74) is 15.6. The molecule has 1 aliphatic rings. The fourth-order valence-electron chi connectivity index (χ4n) is 9.21. The predicted octanol–water partition coefficient (Wildman–Crippen LogP) is 15.2. The molecule has 57 heavy (non-hydrogen) atoms. The summed E-state index contributed by atoms with van der Waals surface area (Å²) in [6.07, 6.45) is 0. The molecule has 0 saturated carbocycles. The van der Waals surface area contributed by atoms with E-state index in [0.717, 1.165) is 17.1 Å². The number of hydrogen-bond acceptors (Lipinski definition) is 2. The Balaban J connectivity index is 1.08. The number of rotatable bonds is 7. The van der Waals surface area contributed by atoms with Crippen molar-refractivity contribution in [2.45, 2.75) is 5.41 Å². The Labute approximate surface area is 337 Å². The van der Waals surface area contributed by atoms with Gasteiger partial charge in [-0.05, 0) is 116 Å². The molecule has 0 amide bonds. The number of anilines is 3. The van der Waals surface area contributed by atoms with Crippen LogP contribution in [0.15, 0.2) is 224 Å². The maximum Gasteiger partial charge on any atom is 0.0713 e. The molecule has 1 aliphatic carbocycles. The Kier molecular flexibility index (Phi) is 7.98. The summed E-state index contributed by atoms with van der Waals surface area (Å²) in [6.45, 7) is 0. The van der Waals surface area contributed by atoms with E-state index in [0.29, 0.717) is 0 Å². The molecule has 0 atom stereocenters. The molecule has 0 saturated heterocycles. The number of para-hydroxylation sites is 1. The second kappa shape index (κ2) is 13.6. The summed E-state index contributed by atoms with van der Waals surface area (Å²) >= 11 is 1.87. The Morgan fingerprint density at radius 2 is 0.807 bits per heavy atom. The molecule has 1 aromatic heterocycles. The SMILES string of the molecule is c1ccc(-c2cccc(-c3cccc(N(c4ccccc4)c4ccc5sc6ccc(C7(c8ccccc8)c8ccccc8-c8ccccc87)cc6c5c4)c3)c2)cc1. The molecule has 0 aliphatic heterocycles. The normalized spacial score (nSPS) is 12.7. The van der Waals surface area contributed by atoms with Crippen LogP contribution < -0.4 is 4.90 Å². The molecule has 9 aromatic carbocycles. The number of benzene rings is 9. The third-order valence-electron chi connectivity index (χ3n) is 11.7. The zero-order valence-electron chi connectivity index (χ0n) is 31.2. The first-order valence-corrected chi connectivity index (χ1v) is 20.4. The quantitative estimate of drug-likeness (QED) is 0.157. The maximum atomic E-state index is 2.48. The van der Waals surface area contributed by atoms with Crippen LogP contribution in [0.4, 0.5) is 17.1 Å². The highest BCUT2D eigenvalue weighted by molar-refractivity contribution is 7.25. The molecular weight excluding hydrogens is 707 g/mol. The summed E-state index contributed by atoms with van der Waals surface area (Å²) in [6, 6.07) is 82.4. The summed E-state index contributed by atoms with van der Waals surface area (Å²) in [5, 5.41) is 2.55. The molecule has 0 fully saturated rings. The minimum Gasteiger partial charge on any atom is -0.310 e. The average Bonchev–Trinajstić information content (AvgIpc) is 3.81. The van der Waals surface area contributed by atoms with Gasteiger partial charge in [0.15, 0.2) is 0 Å². The zero-order valence-corrected chi connectivity index (χ0v) is 32.0. The molecule has 0 spiro atoms. The van der Waals surface area contributed by atoms with Gasteiger partial charge in [0.05, 0.1) is 5.41 Å². The molecule has 11 rings (SSSR count). The molecule has 268 valence electrons. The summed E-state index contributed by atoms with van der Waals surface area (Å²) in [7, 11) is 0. The predicted molar refractivity (Wildman–Crippen MR) is 242 cm³/mol. The highest BCUT2D eigenvalue weighted by Crippen LogP contribution is 2.56. The fourth-order valence-corrected chi connectivity index (χ4v) is 10.3. The van der Waals surface area contributed by atoms with Gasteiger partial charge in [0, 0.05) is 37.2 Å². The van der Waals surface area contributed by atoms with Crippen molar-refractivity contribution in [3.8, 4) is 33.4 Å². The average molecular weight is 744 g/mol. The van der Waals surface area contributed by atoms with Crippen LogP contribution >= 0.6 is 11.3 Å². The molecule has 0 unspecified atom stereocenters. The van der Waals surface area contributed by atoms with E-state index in [1.165, 1.54) is 75.8 Å². The Morgan fingerprint density at radius 1 is 0.316 bits per heavy atom. The number of nitrogens with zero attached hydrogens (tertiary/aromatic N) is 1. The first kappa shape index (κ1) is 33.3. The largest absolute Gasteiger partial charge is 0.310 e. The maximum absolute atomic E-state index is 2.48.